The van der Waals surface area contributed by atoms with Gasteiger partial charge in [-0.3, -0.25) is 9.59 Å². The molecule has 0 aliphatic rings. The predicted octanol–water partition coefficient (Wildman–Crippen LogP) is -0.374. The number of nitrogens with zero attached hydrogens (tertiary/aromatic N) is 1. The maximum Gasteiger partial charge on any atom is 2.00 e. The zero-order valence-corrected chi connectivity index (χ0v) is 28.1. The van der Waals surface area contributed by atoms with Crippen molar-refractivity contribution in [1.82, 2.24) is 5.32 Å². The molecule has 0 saturated heterocycles. The van der Waals surface area contributed by atoms with Gasteiger partial charge in [0, 0.05) is 27.4 Å². The normalized spacial score (nSPS) is 13.8. The third-order valence-electron chi connectivity index (χ3n) is 4.36. The summed E-state index contributed by atoms with van der Waals surface area (Å²) >= 11 is 5.80. The third-order valence-corrected chi connectivity index (χ3v) is 7.53. The van der Waals surface area contributed by atoms with Gasteiger partial charge in [0.1, 0.15) is 18.3 Å². The Morgan fingerprint density at radius 2 is 1.46 bits per heavy atom. The molecule has 1 rings (SSSR count). The van der Waals surface area contributed by atoms with E-state index in [-0.39, 0.29) is 64.5 Å². The van der Waals surface area contributed by atoms with Crippen LogP contribution in [0.25, 0.3) is 0 Å². The van der Waals surface area contributed by atoms with Crippen LogP contribution in [0, 0.1) is 10.7 Å². The molecule has 0 fully saturated rings. The number of hydrogen-bond acceptors (Lipinski definition) is 9. The smallest absolute Gasteiger partial charge is 1.00 e. The molecule has 0 saturated carbocycles. The monoisotopic (exact) mass is 865 g/mol. The van der Waals surface area contributed by atoms with E-state index in [9.17, 15) is 24.6 Å². The number of aliphatic hydroxyl groups is 5. The van der Waals surface area contributed by atoms with Crippen LogP contribution in [0.15, 0.2) is 0 Å². The molecular formula is C19H30CaI3N3O9. The third kappa shape index (κ3) is 11.2. The number of rotatable bonds is 9. The van der Waals surface area contributed by atoms with Crippen molar-refractivity contribution < 1.29 is 47.9 Å². The van der Waals surface area contributed by atoms with Crippen LogP contribution in [-0.2, 0) is 9.59 Å². The molecular weight excluding hydrogens is 835 g/mol. The van der Waals surface area contributed by atoms with Crippen LogP contribution in [0.5, 0.6) is 0 Å². The number of aliphatic hydroxyl groups excluding tert-OH is 5. The van der Waals surface area contributed by atoms with Gasteiger partial charge in [-0.2, -0.15) is 0 Å². The molecule has 0 aromatic heterocycles. The summed E-state index contributed by atoms with van der Waals surface area (Å²) in [6.45, 7) is 2.17. The van der Waals surface area contributed by atoms with Gasteiger partial charge in [0.25, 0.3) is 0 Å². The zero-order valence-electron chi connectivity index (χ0n) is 21.4. The van der Waals surface area contributed by atoms with Crippen LogP contribution >= 0.6 is 67.8 Å². The fourth-order valence-corrected chi connectivity index (χ4v) is 7.09. The molecule has 8 N–H and O–H groups in total. The molecule has 0 bridgehead atoms. The minimum Gasteiger partial charge on any atom is -1.00 e. The van der Waals surface area contributed by atoms with E-state index in [4.69, 9.17) is 20.4 Å². The maximum absolute atomic E-state index is 11.6. The van der Waals surface area contributed by atoms with E-state index in [1.807, 2.05) is 67.8 Å². The van der Waals surface area contributed by atoms with Crippen LogP contribution in [0.1, 0.15) is 27.1 Å². The number of likely N-dealkylation sites (N-methyl/N-ethyl adjacent to an activating group) is 1. The summed E-state index contributed by atoms with van der Waals surface area (Å²) in [6.07, 6.45) is -5.65. The first-order chi connectivity index (χ1) is 15.6. The van der Waals surface area contributed by atoms with E-state index in [1.54, 1.807) is 14.1 Å². The summed E-state index contributed by atoms with van der Waals surface area (Å²) in [7, 11) is 3.14. The molecule has 0 radical (unpaired) electrons. The van der Waals surface area contributed by atoms with Gasteiger partial charge in [-0.05, 0) is 74.8 Å². The number of hydrogen-bond donors (Lipinski definition) is 8. The summed E-state index contributed by atoms with van der Waals surface area (Å²) in [6, 6.07) is 0. The summed E-state index contributed by atoms with van der Waals surface area (Å²) in [4.78, 5) is 35.9. The number of nitrogens with one attached hydrogen (secondary N) is 2. The first-order valence-electron chi connectivity index (χ1n) is 9.57. The van der Waals surface area contributed by atoms with Gasteiger partial charge in [-0.1, -0.05) is 0 Å². The second-order valence-corrected chi connectivity index (χ2v) is 10.2. The average molecular weight is 865 g/mol. The minimum atomic E-state index is -1.55. The van der Waals surface area contributed by atoms with Gasteiger partial charge in [-0.15, -0.1) is 0 Å². The number of carbonyl (C=O) groups excluding carboxylic acids is 2. The Kier molecular flexibility index (Phi) is 19.7. The summed E-state index contributed by atoms with van der Waals surface area (Å²) in [5.41, 5.74) is 0.957. The molecule has 16 heteroatoms. The molecule has 0 aliphatic carbocycles. The fraction of sp³-hybridized carbons (Fsp3) is 0.526. The second-order valence-electron chi connectivity index (χ2n) is 6.96. The van der Waals surface area contributed by atoms with Gasteiger partial charge < -0.3 is 49.0 Å². The van der Waals surface area contributed by atoms with E-state index in [0.717, 1.165) is 0 Å². The number of carboxylic acids is 1. The molecule has 1 aromatic carbocycles. The van der Waals surface area contributed by atoms with Crippen molar-refractivity contribution in [1.29, 1.82) is 0 Å². The molecule has 1 aromatic rings. The standard InChI is InChI=1S/C12H11I3N2O4.C7H17NO5.Ca.2H/c1-4(18)16-10-7(13)6(12(20)21)8(14)11(9(10)15)17(3)5(2)19;1-8-2-4(10)6(12)7(13)5(11)3-9;;;/h1-3H3,(H,16,18)(H,20,21);4-13H,2-3H2,1H3;;;/q;;+2;2*-1/t;4-,5+,6+,7+;;;/m.0.../s1. The van der Waals surface area contributed by atoms with Crippen LogP contribution in [0.2, 0.25) is 0 Å². The topological polar surface area (TPSA) is 200 Å². The van der Waals surface area contributed by atoms with Crippen LogP contribution in [-0.4, -0.2) is 138 Å². The van der Waals surface area contributed by atoms with Crippen molar-refractivity contribution in [3.63, 3.8) is 0 Å². The van der Waals surface area contributed by atoms with Crippen molar-refractivity contribution in [3.05, 3.63) is 16.3 Å². The maximum atomic E-state index is 11.6. The summed E-state index contributed by atoms with van der Waals surface area (Å²) in [5.74, 6) is -1.64. The van der Waals surface area contributed by atoms with Crippen molar-refractivity contribution in [2.45, 2.75) is 38.3 Å². The first kappa shape index (κ1) is 38.0. The fourth-order valence-electron chi connectivity index (χ4n) is 2.47. The number of carbonyl (C=O) groups is 3. The van der Waals surface area contributed by atoms with Crippen LogP contribution in [0.4, 0.5) is 11.4 Å². The SMILES string of the molecule is CC(=O)Nc1c(I)c(C(=O)O)c(I)c(N(C)C(C)=O)c1I.CNC[C@H](O)[C@@H](O)[C@H](O)[C@H](O)CO.[Ca+2].[H-].[H-]. The molecule has 0 aliphatic heterocycles. The number of aromatic carboxylic acids is 1. The van der Waals surface area contributed by atoms with E-state index in [0.29, 0.717) is 22.1 Å². The van der Waals surface area contributed by atoms with E-state index >= 15 is 0 Å². The van der Waals surface area contributed by atoms with Crippen LogP contribution in [0.3, 0.4) is 0 Å². The van der Waals surface area contributed by atoms with Gasteiger partial charge in [0.15, 0.2) is 0 Å². The van der Waals surface area contributed by atoms with Gasteiger partial charge in [-0.25, -0.2) is 4.79 Å². The zero-order chi connectivity index (χ0) is 26.9. The first-order valence-corrected chi connectivity index (χ1v) is 12.8. The average Bonchev–Trinajstić information content (AvgIpc) is 2.75. The summed E-state index contributed by atoms with van der Waals surface area (Å²) < 4.78 is 1.52. The molecule has 35 heavy (non-hydrogen) atoms. The van der Waals surface area contributed by atoms with Gasteiger partial charge >= 0.3 is 43.7 Å². The number of anilines is 2. The molecule has 4 atom stereocenters. The van der Waals surface area contributed by atoms with Gasteiger partial charge in [0.2, 0.25) is 11.8 Å². The molecule has 0 unspecified atom stereocenters. The second kappa shape index (κ2) is 18.2. The minimum absolute atomic E-state index is 0. The Morgan fingerprint density at radius 3 is 1.83 bits per heavy atom. The van der Waals surface area contributed by atoms with E-state index in [2.05, 4.69) is 10.6 Å². The molecule has 198 valence electrons. The van der Waals surface area contributed by atoms with Gasteiger partial charge in [0.05, 0.1) is 40.4 Å². The van der Waals surface area contributed by atoms with Crippen molar-refractivity contribution in [2.75, 3.05) is 37.5 Å². The van der Waals surface area contributed by atoms with Crippen molar-refractivity contribution in [3.8, 4) is 0 Å². The number of amides is 2. The van der Waals surface area contributed by atoms with Crippen LogP contribution < -0.4 is 15.5 Å². The quantitative estimate of drug-likeness (QED) is 0.120. The molecule has 2 amide bonds. The molecule has 0 heterocycles. The Hall–Kier alpha value is 0.840. The Bertz CT molecular complexity index is 906. The number of halogens is 3. The van der Waals surface area contributed by atoms with Crippen molar-refractivity contribution in [2.24, 2.45) is 0 Å². The Labute approximate surface area is 276 Å². The predicted molar refractivity (Wildman–Crippen MR) is 158 cm³/mol. The number of benzene rings is 1. The molecule has 12 nitrogen and oxygen atoms in total. The number of carboxylic acid groups (broad SMARTS) is 1. The Balaban J connectivity index is -0.000000299. The van der Waals surface area contributed by atoms with E-state index in [1.165, 1.54) is 18.7 Å². The largest absolute Gasteiger partial charge is 2.00 e. The van der Waals surface area contributed by atoms with E-state index < -0.39 is 37.0 Å². The summed E-state index contributed by atoms with van der Waals surface area (Å²) in [5, 5.41) is 59.5. The molecule has 0 spiro atoms. The van der Waals surface area contributed by atoms with Crippen molar-refractivity contribution >= 4 is 135 Å². The Morgan fingerprint density at radius 1 is 0.971 bits per heavy atom.